The Bertz CT molecular complexity index is 641. The second kappa shape index (κ2) is 7.30. The third-order valence-electron chi connectivity index (χ3n) is 2.86. The number of allylic oxidation sites excluding steroid dienone is 1. The van der Waals surface area contributed by atoms with Gasteiger partial charge in [-0.3, -0.25) is 4.79 Å². The van der Waals surface area contributed by atoms with Crippen LogP contribution in [0.15, 0.2) is 54.6 Å². The van der Waals surface area contributed by atoms with Gasteiger partial charge in [0.2, 0.25) is 0 Å². The predicted molar refractivity (Wildman–Crippen MR) is 86.6 cm³/mol. The van der Waals surface area contributed by atoms with E-state index in [0.29, 0.717) is 33.5 Å². The maximum absolute atomic E-state index is 12.4. The highest BCUT2D eigenvalue weighted by Gasteiger charge is 2.15. The number of carbonyl (C=O) groups excluding carboxylic acids is 1. The van der Waals surface area contributed by atoms with Crippen molar-refractivity contribution in [3.05, 3.63) is 75.8 Å². The molecule has 0 aromatic heterocycles. The van der Waals surface area contributed by atoms with Crippen molar-refractivity contribution < 1.29 is 9.53 Å². The van der Waals surface area contributed by atoms with Crippen molar-refractivity contribution in [1.82, 2.24) is 0 Å². The first-order chi connectivity index (χ1) is 10.1. The van der Waals surface area contributed by atoms with Gasteiger partial charge in [-0.1, -0.05) is 65.7 Å². The summed E-state index contributed by atoms with van der Waals surface area (Å²) in [6.07, 6.45) is 3.71. The van der Waals surface area contributed by atoms with Gasteiger partial charge >= 0.3 is 0 Å². The van der Waals surface area contributed by atoms with E-state index in [2.05, 4.69) is 0 Å². The summed E-state index contributed by atoms with van der Waals surface area (Å²) in [6.45, 7) is 2.27. The molecule has 0 atom stereocenters. The Kier molecular flexibility index (Phi) is 5.43. The van der Waals surface area contributed by atoms with Gasteiger partial charge in [0.15, 0.2) is 11.5 Å². The highest BCUT2D eigenvalue weighted by atomic mass is 35.5. The summed E-state index contributed by atoms with van der Waals surface area (Å²) in [5.74, 6) is 0.264. The number of hydrogen-bond donors (Lipinski definition) is 0. The van der Waals surface area contributed by atoms with Crippen LogP contribution < -0.4 is 4.74 Å². The van der Waals surface area contributed by atoms with E-state index in [0.717, 1.165) is 0 Å². The van der Waals surface area contributed by atoms with Crippen LogP contribution in [0.25, 0.3) is 0 Å². The first kappa shape index (κ1) is 15.6. The zero-order valence-corrected chi connectivity index (χ0v) is 13.0. The first-order valence-electron chi connectivity index (χ1n) is 6.46. The molecule has 0 unspecified atom stereocenters. The van der Waals surface area contributed by atoms with Crippen molar-refractivity contribution in [2.24, 2.45) is 0 Å². The summed E-state index contributed by atoms with van der Waals surface area (Å²) in [7, 11) is 0. The average Bonchev–Trinajstić information content (AvgIpc) is 2.50. The predicted octanol–water partition coefficient (Wildman–Crippen LogP) is 5.18. The molecule has 21 heavy (non-hydrogen) atoms. The summed E-state index contributed by atoms with van der Waals surface area (Å²) in [4.78, 5) is 12.4. The van der Waals surface area contributed by atoms with Gasteiger partial charge in [-0.15, -0.1) is 0 Å². The summed E-state index contributed by atoms with van der Waals surface area (Å²) in [6, 6.07) is 12.1. The first-order valence-corrected chi connectivity index (χ1v) is 7.22. The molecule has 0 bridgehead atoms. The van der Waals surface area contributed by atoms with Gasteiger partial charge in [0, 0.05) is 11.1 Å². The Morgan fingerprint density at radius 3 is 2.29 bits per heavy atom. The van der Waals surface area contributed by atoms with E-state index in [1.165, 1.54) is 0 Å². The Morgan fingerprint density at radius 2 is 1.71 bits per heavy atom. The van der Waals surface area contributed by atoms with E-state index >= 15 is 0 Å². The van der Waals surface area contributed by atoms with E-state index < -0.39 is 0 Å². The lowest BCUT2D eigenvalue weighted by molar-refractivity contribution is 0.103. The largest absolute Gasteiger partial charge is 0.486 e. The summed E-state index contributed by atoms with van der Waals surface area (Å²) >= 11 is 12.3. The maximum Gasteiger partial charge on any atom is 0.193 e. The van der Waals surface area contributed by atoms with Gasteiger partial charge in [-0.05, 0) is 19.1 Å². The zero-order chi connectivity index (χ0) is 15.2. The average molecular weight is 321 g/mol. The van der Waals surface area contributed by atoms with Crippen LogP contribution in [0, 0.1) is 0 Å². The number of ether oxygens (including phenoxy) is 1. The zero-order valence-electron chi connectivity index (χ0n) is 11.5. The van der Waals surface area contributed by atoms with Crippen LogP contribution in [0.4, 0.5) is 0 Å². The molecule has 0 saturated carbocycles. The van der Waals surface area contributed by atoms with Crippen LogP contribution in [-0.2, 0) is 0 Å². The summed E-state index contributed by atoms with van der Waals surface area (Å²) in [5.41, 5.74) is 1.03. The van der Waals surface area contributed by atoms with Crippen molar-refractivity contribution in [2.75, 3.05) is 6.61 Å². The number of rotatable bonds is 5. The molecule has 108 valence electrons. The Morgan fingerprint density at radius 1 is 1.10 bits per heavy atom. The maximum atomic E-state index is 12.4. The molecule has 2 aromatic carbocycles. The molecule has 0 aliphatic carbocycles. The minimum atomic E-state index is -0.126. The smallest absolute Gasteiger partial charge is 0.193 e. The summed E-state index contributed by atoms with van der Waals surface area (Å²) in [5, 5.41) is 0.651. The topological polar surface area (TPSA) is 26.3 Å². The van der Waals surface area contributed by atoms with Gasteiger partial charge in [0.25, 0.3) is 0 Å². The molecule has 2 nitrogen and oxygen atoms in total. The third-order valence-corrected chi connectivity index (χ3v) is 3.42. The molecular weight excluding hydrogens is 307 g/mol. The monoisotopic (exact) mass is 320 g/mol. The third kappa shape index (κ3) is 3.87. The second-order valence-corrected chi connectivity index (χ2v) is 5.16. The van der Waals surface area contributed by atoms with Gasteiger partial charge in [0.05, 0.1) is 10.0 Å². The van der Waals surface area contributed by atoms with Crippen LogP contribution >= 0.6 is 23.2 Å². The molecule has 0 aliphatic rings. The van der Waals surface area contributed by atoms with Crippen molar-refractivity contribution in [2.45, 2.75) is 6.92 Å². The van der Waals surface area contributed by atoms with Crippen molar-refractivity contribution in [3.8, 4) is 5.75 Å². The number of ketones is 1. The van der Waals surface area contributed by atoms with Crippen LogP contribution in [0.1, 0.15) is 22.8 Å². The van der Waals surface area contributed by atoms with E-state index in [1.54, 1.807) is 24.3 Å². The van der Waals surface area contributed by atoms with E-state index in [1.807, 2.05) is 37.3 Å². The number of benzene rings is 2. The molecule has 0 aliphatic heterocycles. The fraction of sp³-hybridized carbons (Fsp3) is 0.118. The molecule has 0 radical (unpaired) electrons. The molecule has 2 aromatic rings. The van der Waals surface area contributed by atoms with Gasteiger partial charge in [-0.25, -0.2) is 0 Å². The molecule has 0 saturated heterocycles. The normalized spacial score (nSPS) is 10.8. The molecule has 0 fully saturated rings. The second-order valence-electron chi connectivity index (χ2n) is 4.34. The van der Waals surface area contributed by atoms with Crippen molar-refractivity contribution >= 4 is 29.0 Å². The molecule has 0 amide bonds. The lowest BCUT2D eigenvalue weighted by Crippen LogP contribution is -2.02. The highest BCUT2D eigenvalue weighted by molar-refractivity contribution is 6.38. The summed E-state index contributed by atoms with van der Waals surface area (Å²) < 4.78 is 5.49. The fourth-order valence-electron chi connectivity index (χ4n) is 1.81. The molecule has 4 heteroatoms. The van der Waals surface area contributed by atoms with Crippen LogP contribution in [0.2, 0.25) is 10.0 Å². The van der Waals surface area contributed by atoms with Crippen LogP contribution in [-0.4, -0.2) is 12.4 Å². The van der Waals surface area contributed by atoms with Gasteiger partial charge in [0.1, 0.15) is 6.61 Å². The lowest BCUT2D eigenvalue weighted by Gasteiger charge is -2.10. The van der Waals surface area contributed by atoms with E-state index in [9.17, 15) is 4.79 Å². The van der Waals surface area contributed by atoms with E-state index in [4.69, 9.17) is 27.9 Å². The van der Waals surface area contributed by atoms with E-state index in [-0.39, 0.29) is 5.78 Å². The van der Waals surface area contributed by atoms with Crippen molar-refractivity contribution in [3.63, 3.8) is 0 Å². The molecule has 0 N–H and O–H groups in total. The Hall–Kier alpha value is -1.77. The Balaban J connectivity index is 2.29. The van der Waals surface area contributed by atoms with Crippen molar-refractivity contribution in [1.29, 1.82) is 0 Å². The molecule has 0 heterocycles. The molecule has 0 spiro atoms. The fourth-order valence-corrected chi connectivity index (χ4v) is 2.41. The Labute approximate surface area is 134 Å². The molecule has 2 rings (SSSR count). The van der Waals surface area contributed by atoms with Gasteiger partial charge in [-0.2, -0.15) is 0 Å². The molecular formula is C17H14Cl2O2. The highest BCUT2D eigenvalue weighted by Crippen LogP contribution is 2.34. The minimum Gasteiger partial charge on any atom is -0.486 e. The lowest BCUT2D eigenvalue weighted by atomic mass is 10.0. The SMILES string of the molecule is CC=CCOc1c(Cl)cc(C(=O)c2ccccc2)cc1Cl. The minimum absolute atomic E-state index is 0.126. The number of carbonyl (C=O) groups is 1. The van der Waals surface area contributed by atoms with Crippen LogP contribution in [0.3, 0.4) is 0 Å². The van der Waals surface area contributed by atoms with Crippen LogP contribution in [0.5, 0.6) is 5.75 Å². The standard InChI is InChI=1S/C17H14Cl2O2/c1-2-3-9-21-17-14(18)10-13(11-15(17)19)16(20)12-7-5-4-6-8-12/h2-8,10-11H,9H2,1H3. The number of hydrogen-bond acceptors (Lipinski definition) is 2. The number of halogens is 2. The quantitative estimate of drug-likeness (QED) is 0.560. The van der Waals surface area contributed by atoms with Gasteiger partial charge < -0.3 is 4.74 Å².